The van der Waals surface area contributed by atoms with Gasteiger partial charge in [0.15, 0.2) is 0 Å². The molecule has 0 aliphatic carbocycles. The van der Waals surface area contributed by atoms with Gasteiger partial charge in [0.1, 0.15) is 0 Å². The number of hydrogen-bond donors (Lipinski definition) is 0. The molecule has 0 atom stereocenters. The standard InChI is InChI=1S/C17H22N4O3/c1-17(2,3)14-7-6-13(8-15(14)21(23)24)16(22)19(4)10-12-9-18-20(5)11-12/h6-9,11H,10H2,1-5H3. The molecule has 0 aliphatic rings. The van der Waals surface area contributed by atoms with E-state index in [1.54, 1.807) is 37.1 Å². The molecule has 0 radical (unpaired) electrons. The second-order valence-corrected chi connectivity index (χ2v) is 6.92. The van der Waals surface area contributed by atoms with Gasteiger partial charge in [-0.1, -0.05) is 26.8 Å². The van der Waals surface area contributed by atoms with Crippen molar-refractivity contribution in [1.29, 1.82) is 0 Å². The Morgan fingerprint density at radius 3 is 2.54 bits per heavy atom. The highest BCUT2D eigenvalue weighted by molar-refractivity contribution is 5.94. The minimum Gasteiger partial charge on any atom is -0.337 e. The van der Waals surface area contributed by atoms with Crippen molar-refractivity contribution in [2.45, 2.75) is 32.7 Å². The summed E-state index contributed by atoms with van der Waals surface area (Å²) < 4.78 is 1.66. The van der Waals surface area contributed by atoms with Crippen molar-refractivity contribution in [2.24, 2.45) is 7.05 Å². The molecular formula is C17H22N4O3. The van der Waals surface area contributed by atoms with Gasteiger partial charge in [0, 0.05) is 49.6 Å². The minimum absolute atomic E-state index is 0.0249. The summed E-state index contributed by atoms with van der Waals surface area (Å²) in [5, 5.41) is 15.4. The van der Waals surface area contributed by atoms with Crippen molar-refractivity contribution < 1.29 is 9.72 Å². The molecule has 0 bridgehead atoms. The molecule has 0 saturated carbocycles. The normalized spacial score (nSPS) is 11.4. The third-order valence-corrected chi connectivity index (χ3v) is 3.77. The smallest absolute Gasteiger partial charge is 0.273 e. The first-order valence-electron chi connectivity index (χ1n) is 7.61. The van der Waals surface area contributed by atoms with Crippen LogP contribution in [0.1, 0.15) is 42.3 Å². The first-order valence-corrected chi connectivity index (χ1v) is 7.61. The summed E-state index contributed by atoms with van der Waals surface area (Å²) in [6.07, 6.45) is 3.52. The van der Waals surface area contributed by atoms with Crippen LogP contribution < -0.4 is 0 Å². The number of aryl methyl sites for hydroxylation is 1. The zero-order chi connectivity index (χ0) is 18.1. The average molecular weight is 330 g/mol. The topological polar surface area (TPSA) is 81.3 Å². The highest BCUT2D eigenvalue weighted by Crippen LogP contribution is 2.32. The van der Waals surface area contributed by atoms with Gasteiger partial charge in [0.2, 0.25) is 0 Å². The van der Waals surface area contributed by atoms with E-state index < -0.39 is 4.92 Å². The molecule has 0 fully saturated rings. The van der Waals surface area contributed by atoms with Crippen LogP contribution in [-0.2, 0) is 19.0 Å². The van der Waals surface area contributed by atoms with E-state index in [2.05, 4.69) is 5.10 Å². The van der Waals surface area contributed by atoms with E-state index in [0.717, 1.165) is 5.56 Å². The molecule has 0 aliphatic heterocycles. The van der Waals surface area contributed by atoms with Crippen molar-refractivity contribution in [2.75, 3.05) is 7.05 Å². The summed E-state index contributed by atoms with van der Waals surface area (Å²) >= 11 is 0. The Morgan fingerprint density at radius 2 is 2.04 bits per heavy atom. The second-order valence-electron chi connectivity index (χ2n) is 6.92. The molecule has 0 unspecified atom stereocenters. The Hall–Kier alpha value is -2.70. The SMILES string of the molecule is CN(Cc1cnn(C)c1)C(=O)c1ccc(C(C)(C)C)c([N+](=O)[O-])c1. The Labute approximate surface area is 141 Å². The molecule has 7 nitrogen and oxygen atoms in total. The summed E-state index contributed by atoms with van der Waals surface area (Å²) in [6.45, 7) is 6.11. The predicted octanol–water partition coefficient (Wildman–Crippen LogP) is 2.90. The summed E-state index contributed by atoms with van der Waals surface area (Å²) in [5.41, 5.74) is 1.42. The highest BCUT2D eigenvalue weighted by atomic mass is 16.6. The van der Waals surface area contributed by atoms with Crippen LogP contribution in [-0.4, -0.2) is 32.6 Å². The van der Waals surface area contributed by atoms with Crippen LogP contribution in [0.5, 0.6) is 0 Å². The molecular weight excluding hydrogens is 308 g/mol. The number of hydrogen-bond acceptors (Lipinski definition) is 4. The maximum atomic E-state index is 12.6. The molecule has 7 heteroatoms. The fourth-order valence-electron chi connectivity index (χ4n) is 2.57. The molecule has 24 heavy (non-hydrogen) atoms. The van der Waals surface area contributed by atoms with Crippen molar-refractivity contribution >= 4 is 11.6 Å². The van der Waals surface area contributed by atoms with Crippen LogP contribution in [0.15, 0.2) is 30.6 Å². The fraction of sp³-hybridized carbons (Fsp3) is 0.412. The number of amides is 1. The molecule has 2 rings (SSSR count). The van der Waals surface area contributed by atoms with Gasteiger partial charge in [0.05, 0.1) is 11.1 Å². The number of nitro benzene ring substituents is 1. The van der Waals surface area contributed by atoms with Crippen LogP contribution >= 0.6 is 0 Å². The van der Waals surface area contributed by atoms with Crippen LogP contribution in [0, 0.1) is 10.1 Å². The Bertz CT molecular complexity index is 774. The monoisotopic (exact) mass is 330 g/mol. The van der Waals surface area contributed by atoms with Crippen LogP contribution in [0.25, 0.3) is 0 Å². The van der Waals surface area contributed by atoms with Crippen LogP contribution in [0.3, 0.4) is 0 Å². The van der Waals surface area contributed by atoms with Crippen molar-refractivity contribution in [3.8, 4) is 0 Å². The van der Waals surface area contributed by atoms with Gasteiger partial charge < -0.3 is 4.90 Å². The van der Waals surface area contributed by atoms with E-state index in [4.69, 9.17) is 0 Å². The number of carbonyl (C=O) groups is 1. The van der Waals surface area contributed by atoms with E-state index in [0.29, 0.717) is 17.7 Å². The lowest BCUT2D eigenvalue weighted by molar-refractivity contribution is -0.386. The van der Waals surface area contributed by atoms with Gasteiger partial charge in [-0.05, 0) is 11.5 Å². The van der Waals surface area contributed by atoms with Gasteiger partial charge >= 0.3 is 0 Å². The van der Waals surface area contributed by atoms with Crippen LogP contribution in [0.2, 0.25) is 0 Å². The summed E-state index contributed by atoms with van der Waals surface area (Å²) in [4.78, 5) is 25.0. The molecule has 1 aromatic carbocycles. The number of aromatic nitrogens is 2. The van der Waals surface area contributed by atoms with Gasteiger partial charge in [-0.2, -0.15) is 5.10 Å². The third kappa shape index (κ3) is 3.79. The summed E-state index contributed by atoms with van der Waals surface area (Å²) in [6, 6.07) is 4.68. The van der Waals surface area contributed by atoms with Crippen molar-refractivity contribution in [3.63, 3.8) is 0 Å². The number of nitro groups is 1. The fourth-order valence-corrected chi connectivity index (χ4v) is 2.57. The zero-order valence-electron chi connectivity index (χ0n) is 14.6. The lowest BCUT2D eigenvalue weighted by atomic mass is 9.85. The van der Waals surface area contributed by atoms with Gasteiger partial charge in [-0.25, -0.2) is 0 Å². The Balaban J connectivity index is 2.29. The minimum atomic E-state index is -0.432. The van der Waals surface area contributed by atoms with E-state index in [-0.39, 0.29) is 17.0 Å². The first kappa shape index (κ1) is 17.7. The summed E-state index contributed by atoms with van der Waals surface area (Å²) in [7, 11) is 3.47. The third-order valence-electron chi connectivity index (χ3n) is 3.77. The van der Waals surface area contributed by atoms with Gasteiger partial charge in [-0.3, -0.25) is 19.6 Å². The summed E-state index contributed by atoms with van der Waals surface area (Å²) in [5.74, 6) is -0.262. The predicted molar refractivity (Wildman–Crippen MR) is 90.8 cm³/mol. The van der Waals surface area contributed by atoms with E-state index in [1.165, 1.54) is 11.0 Å². The molecule has 1 heterocycles. The highest BCUT2D eigenvalue weighted by Gasteiger charge is 2.26. The number of carbonyl (C=O) groups excluding carboxylic acids is 1. The maximum absolute atomic E-state index is 12.6. The molecule has 1 aromatic heterocycles. The first-order chi connectivity index (χ1) is 11.1. The maximum Gasteiger partial charge on any atom is 0.273 e. The molecule has 128 valence electrons. The van der Waals surface area contributed by atoms with E-state index in [9.17, 15) is 14.9 Å². The Kier molecular flexibility index (Phi) is 4.73. The lowest BCUT2D eigenvalue weighted by Gasteiger charge is -2.20. The zero-order valence-corrected chi connectivity index (χ0v) is 14.6. The number of benzene rings is 1. The Morgan fingerprint density at radius 1 is 1.38 bits per heavy atom. The largest absolute Gasteiger partial charge is 0.337 e. The molecule has 2 aromatic rings. The van der Waals surface area contributed by atoms with Gasteiger partial charge in [0.25, 0.3) is 11.6 Å². The van der Waals surface area contributed by atoms with Crippen molar-refractivity contribution in [1.82, 2.24) is 14.7 Å². The molecule has 0 spiro atoms. The van der Waals surface area contributed by atoms with Crippen LogP contribution in [0.4, 0.5) is 5.69 Å². The van der Waals surface area contributed by atoms with E-state index in [1.807, 2.05) is 27.0 Å². The quantitative estimate of drug-likeness (QED) is 0.637. The molecule has 1 amide bonds. The second kappa shape index (κ2) is 6.43. The van der Waals surface area contributed by atoms with Gasteiger partial charge in [-0.15, -0.1) is 0 Å². The van der Waals surface area contributed by atoms with E-state index >= 15 is 0 Å². The average Bonchev–Trinajstić information content (AvgIpc) is 2.89. The van der Waals surface area contributed by atoms with Crippen molar-refractivity contribution in [3.05, 3.63) is 57.4 Å². The lowest BCUT2D eigenvalue weighted by Crippen LogP contribution is -2.26. The number of rotatable bonds is 4. The molecule has 0 N–H and O–H groups in total. The molecule has 0 saturated heterocycles. The number of nitrogens with zero attached hydrogens (tertiary/aromatic N) is 4.